The van der Waals surface area contributed by atoms with Crippen molar-refractivity contribution in [2.75, 3.05) is 52.9 Å². The standard InChI is InChI=1S/C22H35N3O/c1-23-11-13-25(14-12-23)18-22-8-7-21(26-22)16-19-5-4-6-20(15-19)17-24-9-2-3-10-24/h4-6,15,21-22H,2-3,7-14,16-18H2,1H3/t21-,22+/m0/s1. The van der Waals surface area contributed by atoms with E-state index in [1.54, 1.807) is 0 Å². The highest BCUT2D eigenvalue weighted by molar-refractivity contribution is 5.24. The van der Waals surface area contributed by atoms with Crippen LogP contribution in [0.25, 0.3) is 0 Å². The number of rotatable bonds is 6. The van der Waals surface area contributed by atoms with Crippen LogP contribution in [-0.2, 0) is 17.7 Å². The summed E-state index contributed by atoms with van der Waals surface area (Å²) in [5.74, 6) is 0. The molecule has 144 valence electrons. The van der Waals surface area contributed by atoms with Crippen molar-refractivity contribution >= 4 is 0 Å². The van der Waals surface area contributed by atoms with Crippen LogP contribution in [0.4, 0.5) is 0 Å². The molecule has 1 aromatic rings. The maximum Gasteiger partial charge on any atom is 0.0706 e. The minimum absolute atomic E-state index is 0.412. The molecule has 0 saturated carbocycles. The number of nitrogens with zero attached hydrogens (tertiary/aromatic N) is 3. The summed E-state index contributed by atoms with van der Waals surface area (Å²) in [5, 5.41) is 0. The first-order valence-corrected chi connectivity index (χ1v) is 10.6. The minimum atomic E-state index is 0.412. The van der Waals surface area contributed by atoms with E-state index in [1.165, 1.54) is 76.1 Å². The van der Waals surface area contributed by atoms with Crippen molar-refractivity contribution in [1.82, 2.24) is 14.7 Å². The SMILES string of the molecule is CN1CCN(C[C@H]2CC[C@@H](Cc3cccc(CN4CCCC4)c3)O2)CC1. The van der Waals surface area contributed by atoms with Crippen LogP contribution in [0, 0.1) is 0 Å². The lowest BCUT2D eigenvalue weighted by atomic mass is 10.0. The van der Waals surface area contributed by atoms with Gasteiger partial charge in [-0.1, -0.05) is 24.3 Å². The summed E-state index contributed by atoms with van der Waals surface area (Å²) in [4.78, 5) is 7.59. The summed E-state index contributed by atoms with van der Waals surface area (Å²) in [7, 11) is 2.22. The highest BCUT2D eigenvalue weighted by Gasteiger charge is 2.28. The highest BCUT2D eigenvalue weighted by atomic mass is 16.5. The average molecular weight is 358 g/mol. The van der Waals surface area contributed by atoms with E-state index < -0.39 is 0 Å². The first-order valence-electron chi connectivity index (χ1n) is 10.6. The van der Waals surface area contributed by atoms with E-state index in [4.69, 9.17) is 4.74 Å². The number of likely N-dealkylation sites (tertiary alicyclic amines) is 1. The van der Waals surface area contributed by atoms with Crippen LogP contribution >= 0.6 is 0 Å². The number of hydrogen-bond donors (Lipinski definition) is 0. The van der Waals surface area contributed by atoms with E-state index >= 15 is 0 Å². The quantitative estimate of drug-likeness (QED) is 0.779. The molecular formula is C22H35N3O. The van der Waals surface area contributed by atoms with Crippen molar-refractivity contribution in [2.45, 2.75) is 50.9 Å². The van der Waals surface area contributed by atoms with Crippen LogP contribution in [0.2, 0.25) is 0 Å². The molecule has 0 N–H and O–H groups in total. The largest absolute Gasteiger partial charge is 0.373 e. The smallest absolute Gasteiger partial charge is 0.0706 e. The van der Waals surface area contributed by atoms with Gasteiger partial charge in [0.15, 0.2) is 0 Å². The van der Waals surface area contributed by atoms with E-state index in [1.807, 2.05) is 0 Å². The molecule has 4 nitrogen and oxygen atoms in total. The van der Waals surface area contributed by atoms with Crippen LogP contribution in [0.15, 0.2) is 24.3 Å². The van der Waals surface area contributed by atoms with Gasteiger partial charge in [-0.05, 0) is 63.4 Å². The molecule has 4 heteroatoms. The van der Waals surface area contributed by atoms with Gasteiger partial charge in [-0.25, -0.2) is 0 Å². The third-order valence-electron chi connectivity index (χ3n) is 6.31. The molecule has 26 heavy (non-hydrogen) atoms. The van der Waals surface area contributed by atoms with Gasteiger partial charge >= 0.3 is 0 Å². The Bertz CT molecular complexity index is 564. The van der Waals surface area contributed by atoms with Crippen molar-refractivity contribution in [3.63, 3.8) is 0 Å². The summed E-state index contributed by atoms with van der Waals surface area (Å²) in [5.41, 5.74) is 2.92. The molecule has 3 aliphatic rings. The second kappa shape index (κ2) is 8.83. The van der Waals surface area contributed by atoms with E-state index in [0.717, 1.165) is 19.5 Å². The van der Waals surface area contributed by atoms with Gasteiger partial charge < -0.3 is 9.64 Å². The van der Waals surface area contributed by atoms with Crippen molar-refractivity contribution in [2.24, 2.45) is 0 Å². The minimum Gasteiger partial charge on any atom is -0.373 e. The van der Waals surface area contributed by atoms with Gasteiger partial charge in [0.05, 0.1) is 12.2 Å². The van der Waals surface area contributed by atoms with Crippen LogP contribution in [-0.4, -0.2) is 79.8 Å². The fourth-order valence-electron chi connectivity index (χ4n) is 4.70. The summed E-state index contributed by atoms with van der Waals surface area (Å²) in [6, 6.07) is 9.21. The Morgan fingerprint density at radius 1 is 0.885 bits per heavy atom. The first kappa shape index (κ1) is 18.4. The van der Waals surface area contributed by atoms with Gasteiger partial charge in [-0.2, -0.15) is 0 Å². The van der Waals surface area contributed by atoms with E-state index in [9.17, 15) is 0 Å². The van der Waals surface area contributed by atoms with Gasteiger partial charge in [-0.15, -0.1) is 0 Å². The lowest BCUT2D eigenvalue weighted by Gasteiger charge is -2.33. The predicted octanol–water partition coefficient (Wildman–Crippen LogP) is 2.62. The molecule has 0 spiro atoms. The molecule has 0 aliphatic carbocycles. The van der Waals surface area contributed by atoms with Crippen molar-refractivity contribution in [3.05, 3.63) is 35.4 Å². The third-order valence-corrected chi connectivity index (χ3v) is 6.31. The molecule has 4 rings (SSSR count). The average Bonchev–Trinajstić information content (AvgIpc) is 3.30. The number of likely N-dealkylation sites (N-methyl/N-ethyl adjacent to an activating group) is 1. The molecule has 3 heterocycles. The van der Waals surface area contributed by atoms with Crippen molar-refractivity contribution in [3.8, 4) is 0 Å². The fourth-order valence-corrected chi connectivity index (χ4v) is 4.70. The lowest BCUT2D eigenvalue weighted by molar-refractivity contribution is 0.0146. The second-order valence-corrected chi connectivity index (χ2v) is 8.57. The molecule has 0 aromatic heterocycles. The maximum absolute atomic E-state index is 6.40. The summed E-state index contributed by atoms with van der Waals surface area (Å²) in [6.45, 7) is 9.55. The van der Waals surface area contributed by atoms with Crippen LogP contribution < -0.4 is 0 Å². The Labute approximate surface area is 159 Å². The van der Waals surface area contributed by atoms with Crippen LogP contribution in [0.3, 0.4) is 0 Å². The van der Waals surface area contributed by atoms with Crippen LogP contribution in [0.5, 0.6) is 0 Å². The summed E-state index contributed by atoms with van der Waals surface area (Å²) >= 11 is 0. The fraction of sp³-hybridized carbons (Fsp3) is 0.727. The Morgan fingerprint density at radius 2 is 1.62 bits per heavy atom. The van der Waals surface area contributed by atoms with E-state index in [-0.39, 0.29) is 0 Å². The molecule has 3 fully saturated rings. The first-order chi connectivity index (χ1) is 12.7. The summed E-state index contributed by atoms with van der Waals surface area (Å²) < 4.78 is 6.40. The molecular weight excluding hydrogens is 322 g/mol. The lowest BCUT2D eigenvalue weighted by Crippen LogP contribution is -2.47. The van der Waals surface area contributed by atoms with Crippen molar-refractivity contribution in [1.29, 1.82) is 0 Å². The van der Waals surface area contributed by atoms with Gasteiger partial charge in [0.2, 0.25) is 0 Å². The molecule has 2 atom stereocenters. The van der Waals surface area contributed by atoms with Gasteiger partial charge in [0.1, 0.15) is 0 Å². The van der Waals surface area contributed by atoms with Gasteiger partial charge in [0, 0.05) is 39.3 Å². The molecule has 0 radical (unpaired) electrons. The molecule has 1 aromatic carbocycles. The zero-order valence-corrected chi connectivity index (χ0v) is 16.4. The highest BCUT2D eigenvalue weighted by Crippen LogP contribution is 2.24. The Balaban J connectivity index is 1.24. The summed E-state index contributed by atoms with van der Waals surface area (Å²) in [6.07, 6.45) is 7.10. The van der Waals surface area contributed by atoms with Crippen molar-refractivity contribution < 1.29 is 4.74 Å². The number of benzene rings is 1. The maximum atomic E-state index is 6.40. The molecule has 0 bridgehead atoms. The third kappa shape index (κ3) is 5.07. The van der Waals surface area contributed by atoms with E-state index in [2.05, 4.69) is 46.0 Å². The second-order valence-electron chi connectivity index (χ2n) is 8.57. The zero-order chi connectivity index (χ0) is 17.8. The Morgan fingerprint density at radius 3 is 2.42 bits per heavy atom. The van der Waals surface area contributed by atoms with Gasteiger partial charge in [-0.3, -0.25) is 9.80 Å². The normalized spacial score (nSPS) is 28.8. The topological polar surface area (TPSA) is 19.0 Å². The van der Waals surface area contributed by atoms with Crippen LogP contribution in [0.1, 0.15) is 36.8 Å². The monoisotopic (exact) mass is 357 g/mol. The molecule has 0 unspecified atom stereocenters. The number of piperazine rings is 1. The van der Waals surface area contributed by atoms with E-state index in [0.29, 0.717) is 12.2 Å². The number of hydrogen-bond acceptors (Lipinski definition) is 4. The molecule has 3 saturated heterocycles. The predicted molar refractivity (Wildman–Crippen MR) is 106 cm³/mol. The zero-order valence-electron chi connectivity index (χ0n) is 16.4. The van der Waals surface area contributed by atoms with Gasteiger partial charge in [0.25, 0.3) is 0 Å². The Hall–Kier alpha value is -0.940. The molecule has 0 amide bonds. The molecule has 3 aliphatic heterocycles. The number of ether oxygens (including phenoxy) is 1. The Kier molecular flexibility index (Phi) is 6.26.